The second-order valence-corrected chi connectivity index (χ2v) is 5.82. The summed E-state index contributed by atoms with van der Waals surface area (Å²) < 4.78 is 37.6. The summed E-state index contributed by atoms with van der Waals surface area (Å²) in [7, 11) is 0. The molecule has 3 rings (SSSR count). The van der Waals surface area contributed by atoms with Crippen LogP contribution in [0, 0.1) is 0 Å². The van der Waals surface area contributed by atoms with Gasteiger partial charge in [0.25, 0.3) is 0 Å². The van der Waals surface area contributed by atoms with Crippen LogP contribution in [0.25, 0.3) is 0 Å². The molecule has 0 radical (unpaired) electrons. The lowest BCUT2D eigenvalue weighted by molar-refractivity contribution is -0.157. The molecule has 2 aliphatic rings. The van der Waals surface area contributed by atoms with E-state index in [1.807, 2.05) is 23.1 Å². The molecular weight excluding hydrogens is 295 g/mol. The van der Waals surface area contributed by atoms with Crippen LogP contribution >= 0.6 is 0 Å². The highest BCUT2D eigenvalue weighted by Gasteiger charge is 2.42. The Labute approximate surface area is 126 Å². The van der Waals surface area contributed by atoms with E-state index < -0.39 is 24.7 Å². The number of alkyl halides is 3. The topological polar surface area (TPSA) is 49.6 Å². The van der Waals surface area contributed by atoms with Gasteiger partial charge in [0.15, 0.2) is 0 Å². The number of anilines is 2. The molecule has 1 saturated heterocycles. The van der Waals surface area contributed by atoms with E-state index in [-0.39, 0.29) is 6.54 Å². The van der Waals surface area contributed by atoms with Gasteiger partial charge in [0, 0.05) is 24.5 Å². The molecule has 2 heterocycles. The van der Waals surface area contributed by atoms with Crippen LogP contribution in [0.1, 0.15) is 18.4 Å². The number of benzene rings is 1. The van der Waals surface area contributed by atoms with Gasteiger partial charge in [-0.05, 0) is 37.0 Å². The van der Waals surface area contributed by atoms with Crippen molar-refractivity contribution in [1.82, 2.24) is 4.90 Å². The van der Waals surface area contributed by atoms with Gasteiger partial charge in [-0.2, -0.15) is 13.2 Å². The van der Waals surface area contributed by atoms with E-state index in [9.17, 15) is 18.0 Å². The molecule has 1 amide bonds. The first-order valence-electron chi connectivity index (χ1n) is 7.36. The van der Waals surface area contributed by atoms with E-state index in [0.717, 1.165) is 29.0 Å². The number of hydrogen-bond acceptors (Lipinski definition) is 3. The Bertz CT molecular complexity index is 588. The van der Waals surface area contributed by atoms with Gasteiger partial charge < -0.3 is 15.5 Å². The summed E-state index contributed by atoms with van der Waals surface area (Å²) in [5, 5.41) is 0. The van der Waals surface area contributed by atoms with Gasteiger partial charge in [-0.3, -0.25) is 4.79 Å². The van der Waals surface area contributed by atoms with E-state index in [2.05, 4.69) is 0 Å². The van der Waals surface area contributed by atoms with Crippen LogP contribution < -0.4 is 10.6 Å². The van der Waals surface area contributed by atoms with Crippen molar-refractivity contribution in [3.63, 3.8) is 0 Å². The van der Waals surface area contributed by atoms with Crippen LogP contribution in [0.3, 0.4) is 0 Å². The average molecular weight is 313 g/mol. The Kier molecular flexibility index (Phi) is 3.66. The van der Waals surface area contributed by atoms with Crippen LogP contribution in [0.2, 0.25) is 0 Å². The number of carbonyl (C=O) groups is 1. The van der Waals surface area contributed by atoms with Crippen LogP contribution in [-0.2, 0) is 11.2 Å². The van der Waals surface area contributed by atoms with Gasteiger partial charge in [-0.1, -0.05) is 6.07 Å². The minimum atomic E-state index is -4.35. The number of hydrogen-bond donors (Lipinski definition) is 1. The summed E-state index contributed by atoms with van der Waals surface area (Å²) in [5.41, 5.74) is 8.54. The number of likely N-dealkylation sites (tertiary alicyclic amines) is 1. The van der Waals surface area contributed by atoms with E-state index in [1.54, 1.807) is 0 Å². The Morgan fingerprint density at radius 3 is 2.77 bits per heavy atom. The SMILES string of the molecule is Nc1cccc2c1CCCN2C1CCN(CC(F)(F)F)C1=O. The first-order valence-corrected chi connectivity index (χ1v) is 7.36. The van der Waals surface area contributed by atoms with Crippen molar-refractivity contribution in [2.75, 3.05) is 30.3 Å². The third kappa shape index (κ3) is 2.71. The zero-order chi connectivity index (χ0) is 15.9. The summed E-state index contributed by atoms with van der Waals surface area (Å²) >= 11 is 0. The lowest BCUT2D eigenvalue weighted by Gasteiger charge is -2.35. The van der Waals surface area contributed by atoms with Gasteiger partial charge in [0.1, 0.15) is 12.6 Å². The molecule has 1 atom stereocenters. The van der Waals surface area contributed by atoms with Gasteiger partial charge in [-0.15, -0.1) is 0 Å². The summed E-state index contributed by atoms with van der Waals surface area (Å²) in [5.74, 6) is -0.437. The molecule has 1 aromatic rings. The highest BCUT2D eigenvalue weighted by Crippen LogP contribution is 2.35. The van der Waals surface area contributed by atoms with Crippen molar-refractivity contribution >= 4 is 17.3 Å². The number of rotatable bonds is 2. The molecule has 0 aliphatic carbocycles. The molecule has 0 spiro atoms. The van der Waals surface area contributed by atoms with Gasteiger partial charge in [-0.25, -0.2) is 0 Å². The van der Waals surface area contributed by atoms with E-state index in [1.165, 1.54) is 0 Å². The number of nitrogen functional groups attached to an aromatic ring is 1. The lowest BCUT2D eigenvalue weighted by atomic mass is 9.98. The highest BCUT2D eigenvalue weighted by atomic mass is 19.4. The second-order valence-electron chi connectivity index (χ2n) is 5.82. The highest BCUT2D eigenvalue weighted by molar-refractivity contribution is 5.88. The first-order chi connectivity index (χ1) is 10.4. The largest absolute Gasteiger partial charge is 0.406 e. The maximum atomic E-state index is 12.5. The quantitative estimate of drug-likeness (QED) is 0.852. The molecule has 0 aromatic heterocycles. The zero-order valence-corrected chi connectivity index (χ0v) is 12.1. The Morgan fingerprint density at radius 1 is 1.27 bits per heavy atom. The molecule has 2 N–H and O–H groups in total. The minimum absolute atomic E-state index is 0.150. The van der Waals surface area contributed by atoms with Crippen molar-refractivity contribution in [3.05, 3.63) is 23.8 Å². The molecule has 0 bridgehead atoms. The van der Waals surface area contributed by atoms with E-state index >= 15 is 0 Å². The molecule has 0 saturated carbocycles. The van der Waals surface area contributed by atoms with Crippen molar-refractivity contribution in [3.8, 4) is 0 Å². The fourth-order valence-electron chi connectivity index (χ4n) is 3.39. The van der Waals surface area contributed by atoms with Crippen LogP contribution in [0.15, 0.2) is 18.2 Å². The molecule has 120 valence electrons. The monoisotopic (exact) mass is 313 g/mol. The fourth-order valence-corrected chi connectivity index (χ4v) is 3.39. The molecule has 1 aromatic carbocycles. The maximum absolute atomic E-state index is 12.5. The van der Waals surface area contributed by atoms with Crippen molar-refractivity contribution in [1.29, 1.82) is 0 Å². The van der Waals surface area contributed by atoms with Crippen LogP contribution in [0.5, 0.6) is 0 Å². The number of fused-ring (bicyclic) bond motifs is 1. The number of nitrogens with zero attached hydrogens (tertiary/aromatic N) is 2. The lowest BCUT2D eigenvalue weighted by Crippen LogP contribution is -2.46. The van der Waals surface area contributed by atoms with Crippen LogP contribution in [-0.4, -0.2) is 42.7 Å². The van der Waals surface area contributed by atoms with Crippen molar-refractivity contribution in [2.45, 2.75) is 31.5 Å². The van der Waals surface area contributed by atoms with Gasteiger partial charge >= 0.3 is 6.18 Å². The smallest absolute Gasteiger partial charge is 0.398 e. The normalized spacial score (nSPS) is 22.1. The van der Waals surface area contributed by atoms with E-state index in [4.69, 9.17) is 5.73 Å². The third-order valence-electron chi connectivity index (χ3n) is 4.34. The number of carbonyl (C=O) groups excluding carboxylic acids is 1. The zero-order valence-electron chi connectivity index (χ0n) is 12.1. The predicted octanol–water partition coefficient (Wildman–Crippen LogP) is 2.18. The third-order valence-corrected chi connectivity index (χ3v) is 4.34. The molecule has 1 unspecified atom stereocenters. The average Bonchev–Trinajstić information content (AvgIpc) is 2.78. The number of amides is 1. The molecule has 1 fully saturated rings. The van der Waals surface area contributed by atoms with E-state index in [0.29, 0.717) is 18.7 Å². The summed E-state index contributed by atoms with van der Waals surface area (Å²) in [6.07, 6.45) is -2.24. The van der Waals surface area contributed by atoms with Crippen LogP contribution in [0.4, 0.5) is 24.5 Å². The Hall–Kier alpha value is -1.92. The predicted molar refractivity (Wildman–Crippen MR) is 77.6 cm³/mol. The second kappa shape index (κ2) is 5.37. The van der Waals surface area contributed by atoms with Gasteiger partial charge in [0.2, 0.25) is 5.91 Å². The maximum Gasteiger partial charge on any atom is 0.406 e. The van der Waals surface area contributed by atoms with Crippen molar-refractivity contribution in [2.24, 2.45) is 0 Å². The molecule has 22 heavy (non-hydrogen) atoms. The fraction of sp³-hybridized carbons (Fsp3) is 0.533. The molecule has 4 nitrogen and oxygen atoms in total. The Morgan fingerprint density at radius 2 is 2.05 bits per heavy atom. The minimum Gasteiger partial charge on any atom is -0.398 e. The molecule has 7 heteroatoms. The standard InChI is InChI=1S/C15H18F3N3O/c16-15(17,18)9-20-8-6-13(14(20)22)21-7-2-3-10-11(19)4-1-5-12(10)21/h1,4-5,13H,2-3,6-9,19H2. The molecule has 2 aliphatic heterocycles. The number of nitrogens with two attached hydrogens (primary N) is 1. The summed E-state index contributed by atoms with van der Waals surface area (Å²) in [6.45, 7) is -0.343. The summed E-state index contributed by atoms with van der Waals surface area (Å²) in [6, 6.07) is 5.02. The van der Waals surface area contributed by atoms with Crippen molar-refractivity contribution < 1.29 is 18.0 Å². The Balaban J connectivity index is 1.82. The van der Waals surface area contributed by atoms with Gasteiger partial charge in [0.05, 0.1) is 0 Å². The summed E-state index contributed by atoms with van der Waals surface area (Å²) in [4.78, 5) is 15.2. The first kappa shape index (κ1) is 15.0. The number of halogens is 3. The molecular formula is C15H18F3N3O.